The Balaban J connectivity index is 2.82. The first kappa shape index (κ1) is 15.6. The van der Waals surface area contributed by atoms with Gasteiger partial charge in [-0.2, -0.15) is 0 Å². The molecule has 0 saturated carbocycles. The van der Waals surface area contributed by atoms with Crippen molar-refractivity contribution in [3.05, 3.63) is 35.6 Å². The molecular formula is C15H22FNO2. The third-order valence-electron chi connectivity index (χ3n) is 3.56. The van der Waals surface area contributed by atoms with Crippen LogP contribution >= 0.6 is 0 Å². The van der Waals surface area contributed by atoms with Gasteiger partial charge in [0.25, 0.3) is 0 Å². The number of hydrogen-bond donors (Lipinski definition) is 1. The number of aliphatic carboxylic acids is 1. The number of halogens is 1. The zero-order chi connectivity index (χ0) is 14.6. The van der Waals surface area contributed by atoms with Gasteiger partial charge in [0.15, 0.2) is 0 Å². The maximum atomic E-state index is 12.9. The summed E-state index contributed by atoms with van der Waals surface area (Å²) in [6.07, 6.45) is 0.699. The molecule has 1 atom stereocenters. The highest BCUT2D eigenvalue weighted by molar-refractivity contribution is 5.77. The fourth-order valence-electron chi connectivity index (χ4n) is 2.45. The van der Waals surface area contributed by atoms with Crippen molar-refractivity contribution in [3.8, 4) is 0 Å². The number of hydrogen-bond acceptors (Lipinski definition) is 2. The summed E-state index contributed by atoms with van der Waals surface area (Å²) in [5.74, 6) is -1.09. The van der Waals surface area contributed by atoms with E-state index in [2.05, 4.69) is 0 Å². The number of carbonyl (C=O) groups is 1. The Kier molecular flexibility index (Phi) is 5.06. The minimum atomic E-state index is -0.909. The van der Waals surface area contributed by atoms with Gasteiger partial charge in [-0.3, -0.25) is 9.69 Å². The molecular weight excluding hydrogens is 245 g/mol. The van der Waals surface area contributed by atoms with Gasteiger partial charge in [0, 0.05) is 6.04 Å². The van der Waals surface area contributed by atoms with Gasteiger partial charge in [-0.25, -0.2) is 4.39 Å². The van der Waals surface area contributed by atoms with Crippen molar-refractivity contribution in [2.24, 2.45) is 0 Å². The second kappa shape index (κ2) is 6.15. The van der Waals surface area contributed by atoms with Gasteiger partial charge in [-0.05, 0) is 51.4 Å². The molecule has 0 fully saturated rings. The maximum Gasteiger partial charge on any atom is 0.323 e. The van der Waals surface area contributed by atoms with E-state index in [0.29, 0.717) is 13.0 Å². The minimum absolute atomic E-state index is 0.0709. The van der Waals surface area contributed by atoms with E-state index in [9.17, 15) is 14.3 Å². The van der Waals surface area contributed by atoms with E-state index in [1.165, 1.54) is 12.1 Å². The smallest absolute Gasteiger partial charge is 0.323 e. The summed E-state index contributed by atoms with van der Waals surface area (Å²) in [6, 6.07) is 6.42. The lowest BCUT2D eigenvalue weighted by Gasteiger charge is -2.39. The van der Waals surface area contributed by atoms with Crippen molar-refractivity contribution in [1.82, 2.24) is 4.90 Å². The molecule has 1 N–H and O–H groups in total. The van der Waals surface area contributed by atoms with Crippen LogP contribution in [-0.4, -0.2) is 34.1 Å². The van der Waals surface area contributed by atoms with Crippen LogP contribution in [0.4, 0.5) is 4.39 Å². The molecule has 0 heterocycles. The number of benzene rings is 1. The molecule has 0 aromatic heterocycles. The Hall–Kier alpha value is -1.42. The highest BCUT2D eigenvalue weighted by Crippen LogP contribution is 2.20. The van der Waals surface area contributed by atoms with Gasteiger partial charge >= 0.3 is 5.97 Å². The van der Waals surface area contributed by atoms with Gasteiger partial charge in [0.2, 0.25) is 0 Å². The Morgan fingerprint density at radius 1 is 1.37 bits per heavy atom. The highest BCUT2D eigenvalue weighted by atomic mass is 19.1. The van der Waals surface area contributed by atoms with E-state index in [4.69, 9.17) is 0 Å². The number of carboxylic acids is 1. The van der Waals surface area contributed by atoms with Crippen LogP contribution in [0.3, 0.4) is 0 Å². The van der Waals surface area contributed by atoms with Crippen molar-refractivity contribution in [1.29, 1.82) is 0 Å². The molecule has 0 aliphatic rings. The molecule has 1 aromatic rings. The summed E-state index contributed by atoms with van der Waals surface area (Å²) in [5, 5.41) is 9.30. The van der Waals surface area contributed by atoms with Crippen LogP contribution in [0.5, 0.6) is 0 Å². The lowest BCUT2D eigenvalue weighted by atomic mass is 9.97. The molecule has 0 saturated heterocycles. The Morgan fingerprint density at radius 2 is 1.89 bits per heavy atom. The molecule has 1 rings (SSSR count). The molecule has 0 amide bonds. The molecule has 19 heavy (non-hydrogen) atoms. The SMILES string of the molecule is CCN(C(C)Cc1ccc(F)cc1)C(C)(C)C(=O)O. The summed E-state index contributed by atoms with van der Waals surface area (Å²) in [4.78, 5) is 13.3. The highest BCUT2D eigenvalue weighted by Gasteiger charge is 2.36. The minimum Gasteiger partial charge on any atom is -0.480 e. The first-order chi connectivity index (χ1) is 8.78. The lowest BCUT2D eigenvalue weighted by molar-refractivity contribution is -0.150. The van der Waals surface area contributed by atoms with Crippen LogP contribution in [0.1, 0.15) is 33.3 Å². The average Bonchev–Trinajstić information content (AvgIpc) is 2.32. The van der Waals surface area contributed by atoms with Gasteiger partial charge in [-0.1, -0.05) is 19.1 Å². The van der Waals surface area contributed by atoms with Gasteiger partial charge in [0.05, 0.1) is 0 Å². The molecule has 3 nitrogen and oxygen atoms in total. The molecule has 0 aliphatic carbocycles. The predicted octanol–water partition coefficient (Wildman–Crippen LogP) is 2.94. The lowest BCUT2D eigenvalue weighted by Crippen LogP contribution is -2.54. The Morgan fingerprint density at radius 3 is 2.32 bits per heavy atom. The summed E-state index contributed by atoms with van der Waals surface area (Å²) in [5.41, 5.74) is 0.0994. The maximum absolute atomic E-state index is 12.9. The predicted molar refractivity (Wildman–Crippen MR) is 73.7 cm³/mol. The topological polar surface area (TPSA) is 40.5 Å². The monoisotopic (exact) mass is 267 g/mol. The van der Waals surface area contributed by atoms with E-state index in [0.717, 1.165) is 5.56 Å². The number of carboxylic acid groups (broad SMARTS) is 1. The number of rotatable bonds is 6. The molecule has 0 aliphatic heterocycles. The molecule has 1 aromatic carbocycles. The molecule has 0 radical (unpaired) electrons. The quantitative estimate of drug-likeness (QED) is 0.861. The first-order valence-corrected chi connectivity index (χ1v) is 6.53. The number of likely N-dealkylation sites (N-methyl/N-ethyl adjacent to an activating group) is 1. The fourth-order valence-corrected chi connectivity index (χ4v) is 2.45. The van der Waals surface area contributed by atoms with Crippen LogP contribution in [-0.2, 0) is 11.2 Å². The van der Waals surface area contributed by atoms with Crippen molar-refractivity contribution in [3.63, 3.8) is 0 Å². The summed E-state index contributed by atoms with van der Waals surface area (Å²) >= 11 is 0. The standard InChI is InChI=1S/C15H22FNO2/c1-5-17(15(3,4)14(18)19)11(2)10-12-6-8-13(16)9-7-12/h6-9,11H,5,10H2,1-4H3,(H,18,19). The van der Waals surface area contributed by atoms with Gasteiger partial charge in [0.1, 0.15) is 11.4 Å². The zero-order valence-corrected chi connectivity index (χ0v) is 12.0. The van der Waals surface area contributed by atoms with Crippen molar-refractivity contribution < 1.29 is 14.3 Å². The summed E-state index contributed by atoms with van der Waals surface area (Å²) in [7, 11) is 0. The third kappa shape index (κ3) is 3.77. The van der Waals surface area contributed by atoms with E-state index < -0.39 is 11.5 Å². The normalized spacial score (nSPS) is 13.6. The molecule has 106 valence electrons. The molecule has 0 spiro atoms. The van der Waals surface area contributed by atoms with Crippen molar-refractivity contribution in [2.45, 2.75) is 45.7 Å². The van der Waals surface area contributed by atoms with E-state index in [1.54, 1.807) is 26.0 Å². The molecule has 4 heteroatoms. The number of nitrogens with zero attached hydrogens (tertiary/aromatic N) is 1. The second-order valence-electron chi connectivity index (χ2n) is 5.33. The van der Waals surface area contributed by atoms with E-state index in [1.807, 2.05) is 18.7 Å². The largest absolute Gasteiger partial charge is 0.480 e. The van der Waals surface area contributed by atoms with Crippen molar-refractivity contribution >= 4 is 5.97 Å². The fraction of sp³-hybridized carbons (Fsp3) is 0.533. The molecule has 0 bridgehead atoms. The van der Waals surface area contributed by atoms with Crippen LogP contribution in [0, 0.1) is 5.82 Å². The molecule has 1 unspecified atom stereocenters. The Bertz CT molecular complexity index is 428. The van der Waals surface area contributed by atoms with E-state index in [-0.39, 0.29) is 11.9 Å². The summed E-state index contributed by atoms with van der Waals surface area (Å²) in [6.45, 7) is 8.02. The van der Waals surface area contributed by atoms with Crippen LogP contribution < -0.4 is 0 Å². The van der Waals surface area contributed by atoms with Crippen LogP contribution in [0.2, 0.25) is 0 Å². The first-order valence-electron chi connectivity index (χ1n) is 6.53. The van der Waals surface area contributed by atoms with Crippen molar-refractivity contribution in [2.75, 3.05) is 6.54 Å². The average molecular weight is 267 g/mol. The second-order valence-corrected chi connectivity index (χ2v) is 5.33. The van der Waals surface area contributed by atoms with E-state index >= 15 is 0 Å². The third-order valence-corrected chi connectivity index (χ3v) is 3.56. The van der Waals surface area contributed by atoms with Gasteiger partial charge in [-0.15, -0.1) is 0 Å². The zero-order valence-electron chi connectivity index (χ0n) is 12.0. The van der Waals surface area contributed by atoms with Crippen LogP contribution in [0.25, 0.3) is 0 Å². The van der Waals surface area contributed by atoms with Gasteiger partial charge < -0.3 is 5.11 Å². The summed E-state index contributed by atoms with van der Waals surface area (Å²) < 4.78 is 12.9. The Labute approximate surface area is 114 Å². The van der Waals surface area contributed by atoms with Crippen LogP contribution in [0.15, 0.2) is 24.3 Å².